The molecule has 0 N–H and O–H groups in total. The summed E-state index contributed by atoms with van der Waals surface area (Å²) in [7, 11) is 0. The zero-order valence-electron chi connectivity index (χ0n) is 7.56. The minimum Gasteiger partial charge on any atom is -0.207 e. The summed E-state index contributed by atoms with van der Waals surface area (Å²) in [6.45, 7) is 5.59. The van der Waals surface area contributed by atoms with Gasteiger partial charge in [0.1, 0.15) is 5.82 Å². The van der Waals surface area contributed by atoms with Crippen LogP contribution in [0.3, 0.4) is 0 Å². The normalized spacial score (nSPS) is 7.92. The molecular weight excluding hydrogens is 153 g/mol. The van der Waals surface area contributed by atoms with Gasteiger partial charge < -0.3 is 0 Å². The Morgan fingerprint density at radius 2 is 1.92 bits per heavy atom. The van der Waals surface area contributed by atoms with Gasteiger partial charge in [0.25, 0.3) is 0 Å². The van der Waals surface area contributed by atoms with Gasteiger partial charge in [-0.2, -0.15) is 5.26 Å². The van der Waals surface area contributed by atoms with Gasteiger partial charge in [-0.1, -0.05) is 19.9 Å². The van der Waals surface area contributed by atoms with Crippen LogP contribution in [0, 0.1) is 24.1 Å². The molecule has 0 atom stereocenters. The van der Waals surface area contributed by atoms with Gasteiger partial charge >= 0.3 is 0 Å². The molecule has 1 aromatic carbocycles. The lowest BCUT2D eigenvalue weighted by Crippen LogP contribution is -1.85. The molecule has 0 unspecified atom stereocenters. The summed E-state index contributed by atoms with van der Waals surface area (Å²) in [5.74, 6) is -0.320. The number of rotatable bonds is 0. The van der Waals surface area contributed by atoms with E-state index >= 15 is 0 Å². The van der Waals surface area contributed by atoms with Crippen molar-refractivity contribution in [3.05, 3.63) is 35.1 Å². The van der Waals surface area contributed by atoms with Gasteiger partial charge in [0.2, 0.25) is 0 Å². The smallest absolute Gasteiger partial charge is 0.127 e. The summed E-state index contributed by atoms with van der Waals surface area (Å²) in [5, 5.41) is 8.43. The van der Waals surface area contributed by atoms with Gasteiger partial charge in [-0.15, -0.1) is 0 Å². The second-order valence-corrected chi connectivity index (χ2v) is 2.02. The van der Waals surface area contributed by atoms with Crippen LogP contribution in [0.5, 0.6) is 0 Å². The first-order chi connectivity index (χ1) is 5.75. The van der Waals surface area contributed by atoms with Crippen molar-refractivity contribution in [2.45, 2.75) is 20.8 Å². The van der Waals surface area contributed by atoms with Crippen LogP contribution in [-0.2, 0) is 0 Å². The summed E-state index contributed by atoms with van der Waals surface area (Å²) in [6.07, 6.45) is 0. The largest absolute Gasteiger partial charge is 0.207 e. The van der Waals surface area contributed by atoms with Crippen LogP contribution in [0.4, 0.5) is 4.39 Å². The van der Waals surface area contributed by atoms with Gasteiger partial charge in [-0.25, -0.2) is 4.39 Å². The lowest BCUT2D eigenvalue weighted by Gasteiger charge is -1.95. The first-order valence-corrected chi connectivity index (χ1v) is 3.91. The molecule has 0 aromatic heterocycles. The van der Waals surface area contributed by atoms with Crippen molar-refractivity contribution in [3.63, 3.8) is 0 Å². The topological polar surface area (TPSA) is 23.8 Å². The Morgan fingerprint density at radius 3 is 2.33 bits per heavy atom. The fourth-order valence-electron chi connectivity index (χ4n) is 0.729. The third-order valence-corrected chi connectivity index (χ3v) is 1.39. The molecule has 0 saturated carbocycles. The minimum atomic E-state index is -0.320. The molecule has 64 valence electrons. The van der Waals surface area contributed by atoms with E-state index in [-0.39, 0.29) is 5.82 Å². The highest BCUT2D eigenvalue weighted by atomic mass is 19.1. The van der Waals surface area contributed by atoms with Crippen LogP contribution in [0.15, 0.2) is 18.2 Å². The highest BCUT2D eigenvalue weighted by molar-refractivity contribution is 5.36. The molecule has 0 amide bonds. The van der Waals surface area contributed by atoms with Gasteiger partial charge in [0, 0.05) is 5.56 Å². The highest BCUT2D eigenvalue weighted by Crippen LogP contribution is 2.09. The van der Waals surface area contributed by atoms with E-state index in [2.05, 4.69) is 0 Å². The Kier molecular flexibility index (Phi) is 4.71. The van der Waals surface area contributed by atoms with Crippen molar-refractivity contribution in [2.24, 2.45) is 0 Å². The Hall–Kier alpha value is -1.36. The van der Waals surface area contributed by atoms with Crippen molar-refractivity contribution >= 4 is 0 Å². The first kappa shape index (κ1) is 10.6. The average Bonchev–Trinajstić information content (AvgIpc) is 2.13. The SMILES string of the molecule is CC.Cc1c(F)cccc1C#N. The lowest BCUT2D eigenvalue weighted by molar-refractivity contribution is 0.618. The molecule has 1 rings (SSSR count). The molecule has 0 aliphatic carbocycles. The fourth-order valence-corrected chi connectivity index (χ4v) is 0.729. The maximum absolute atomic E-state index is 12.6. The zero-order valence-corrected chi connectivity index (χ0v) is 7.56. The van der Waals surface area contributed by atoms with E-state index in [0.717, 1.165) is 0 Å². The van der Waals surface area contributed by atoms with Crippen LogP contribution in [0.25, 0.3) is 0 Å². The lowest BCUT2D eigenvalue weighted by atomic mass is 10.1. The maximum atomic E-state index is 12.6. The second-order valence-electron chi connectivity index (χ2n) is 2.02. The van der Waals surface area contributed by atoms with Gasteiger partial charge in [0.05, 0.1) is 11.6 Å². The minimum absolute atomic E-state index is 0.320. The highest BCUT2D eigenvalue weighted by Gasteiger charge is 1.99. The molecule has 0 spiro atoms. The quantitative estimate of drug-likeness (QED) is 0.579. The summed E-state index contributed by atoms with van der Waals surface area (Å²) in [6, 6.07) is 6.36. The van der Waals surface area contributed by atoms with E-state index in [9.17, 15) is 4.39 Å². The molecule has 0 bridgehead atoms. The number of hydrogen-bond donors (Lipinski definition) is 0. The molecule has 12 heavy (non-hydrogen) atoms. The summed E-state index contributed by atoms with van der Waals surface area (Å²) in [4.78, 5) is 0. The predicted molar refractivity (Wildman–Crippen MR) is 47.2 cm³/mol. The number of nitriles is 1. The van der Waals surface area contributed by atoms with Crippen molar-refractivity contribution in [2.75, 3.05) is 0 Å². The molecule has 0 aliphatic heterocycles. The number of benzene rings is 1. The summed E-state index contributed by atoms with van der Waals surface area (Å²) in [5.41, 5.74) is 0.824. The third kappa shape index (κ3) is 2.35. The number of hydrogen-bond acceptors (Lipinski definition) is 1. The van der Waals surface area contributed by atoms with E-state index < -0.39 is 0 Å². The predicted octanol–water partition coefficient (Wildman–Crippen LogP) is 3.03. The Morgan fingerprint density at radius 1 is 1.33 bits per heavy atom. The van der Waals surface area contributed by atoms with Crippen LogP contribution < -0.4 is 0 Å². The Balaban J connectivity index is 0.000000561. The maximum Gasteiger partial charge on any atom is 0.127 e. The summed E-state index contributed by atoms with van der Waals surface area (Å²) >= 11 is 0. The van der Waals surface area contributed by atoms with Crippen LogP contribution >= 0.6 is 0 Å². The zero-order chi connectivity index (χ0) is 9.56. The van der Waals surface area contributed by atoms with Gasteiger partial charge in [-0.05, 0) is 19.1 Å². The molecule has 0 saturated heterocycles. The van der Waals surface area contributed by atoms with E-state index in [4.69, 9.17) is 5.26 Å². The first-order valence-electron chi connectivity index (χ1n) is 3.91. The van der Waals surface area contributed by atoms with Crippen molar-refractivity contribution in [3.8, 4) is 6.07 Å². The standard InChI is InChI=1S/C8H6FN.C2H6/c1-6-7(5-10)3-2-4-8(6)9;1-2/h2-4H,1H3;1-2H3. The third-order valence-electron chi connectivity index (χ3n) is 1.39. The van der Waals surface area contributed by atoms with E-state index in [1.165, 1.54) is 12.1 Å². The van der Waals surface area contributed by atoms with Crippen LogP contribution in [0.2, 0.25) is 0 Å². The second kappa shape index (κ2) is 5.31. The van der Waals surface area contributed by atoms with E-state index in [0.29, 0.717) is 11.1 Å². The monoisotopic (exact) mass is 165 g/mol. The van der Waals surface area contributed by atoms with Gasteiger partial charge in [0.15, 0.2) is 0 Å². The van der Waals surface area contributed by atoms with Gasteiger partial charge in [-0.3, -0.25) is 0 Å². The molecule has 2 heteroatoms. The average molecular weight is 165 g/mol. The molecular formula is C10H12FN. The Labute approximate surface area is 72.5 Å². The summed E-state index contributed by atoms with van der Waals surface area (Å²) < 4.78 is 12.6. The van der Waals surface area contributed by atoms with Crippen LogP contribution in [0.1, 0.15) is 25.0 Å². The molecule has 0 radical (unpaired) electrons. The molecule has 1 aromatic rings. The van der Waals surface area contributed by atoms with E-state index in [1.807, 2.05) is 19.9 Å². The fraction of sp³-hybridized carbons (Fsp3) is 0.300. The number of nitrogens with zero attached hydrogens (tertiary/aromatic N) is 1. The number of halogens is 1. The Bertz CT molecular complexity index is 286. The van der Waals surface area contributed by atoms with Crippen molar-refractivity contribution < 1.29 is 4.39 Å². The molecule has 0 fully saturated rings. The van der Waals surface area contributed by atoms with E-state index in [1.54, 1.807) is 13.0 Å². The van der Waals surface area contributed by atoms with Crippen LogP contribution in [-0.4, -0.2) is 0 Å². The van der Waals surface area contributed by atoms with Crippen molar-refractivity contribution in [1.82, 2.24) is 0 Å². The molecule has 0 aliphatic rings. The molecule has 1 nitrogen and oxygen atoms in total. The van der Waals surface area contributed by atoms with Crippen molar-refractivity contribution in [1.29, 1.82) is 5.26 Å². The molecule has 0 heterocycles.